The lowest BCUT2D eigenvalue weighted by atomic mass is 10.0. The minimum absolute atomic E-state index is 0.112. The van der Waals surface area contributed by atoms with Gasteiger partial charge in [-0.3, -0.25) is 0 Å². The number of anilines is 1. The molecule has 1 aliphatic heterocycles. The maximum absolute atomic E-state index is 13.7. The van der Waals surface area contributed by atoms with Crippen molar-refractivity contribution in [2.24, 2.45) is 0 Å². The molecule has 3 rings (SSSR count). The fourth-order valence-electron chi connectivity index (χ4n) is 3.06. The van der Waals surface area contributed by atoms with Gasteiger partial charge in [-0.15, -0.1) is 5.57 Å². The zero-order valence-corrected chi connectivity index (χ0v) is 16.3. The van der Waals surface area contributed by atoms with Crippen LogP contribution in [0.3, 0.4) is 0 Å². The van der Waals surface area contributed by atoms with Gasteiger partial charge in [0.25, 0.3) is 0 Å². The van der Waals surface area contributed by atoms with E-state index in [1.807, 2.05) is 19.7 Å². The number of alkyl halides is 3. The highest BCUT2D eigenvalue weighted by Crippen LogP contribution is 2.37. The molecule has 0 aromatic heterocycles. The molecule has 0 spiro atoms. The Morgan fingerprint density at radius 1 is 1.07 bits per heavy atom. The van der Waals surface area contributed by atoms with Crippen LogP contribution in [0.1, 0.15) is 29.7 Å². The Bertz CT molecular complexity index is 878. The van der Waals surface area contributed by atoms with Crippen molar-refractivity contribution in [3.63, 3.8) is 0 Å². The molecule has 0 amide bonds. The van der Waals surface area contributed by atoms with Gasteiger partial charge < -0.3 is 10.2 Å². The lowest BCUT2D eigenvalue weighted by molar-refractivity contribution is -0.843. The summed E-state index contributed by atoms with van der Waals surface area (Å²) in [7, 11) is 0. The molecular formula is C20H19Cl2F3N2. The quantitative estimate of drug-likeness (QED) is 0.619. The summed E-state index contributed by atoms with van der Waals surface area (Å²) in [5.41, 5.74) is 3.03. The minimum Gasteiger partial charge on any atom is -0.421 e. The molecule has 0 saturated heterocycles. The van der Waals surface area contributed by atoms with Gasteiger partial charge in [-0.1, -0.05) is 42.3 Å². The second kappa shape index (κ2) is 7.66. The fraction of sp³-hybridized carbons (Fsp3) is 0.250. The highest BCUT2D eigenvalue weighted by atomic mass is 35.5. The van der Waals surface area contributed by atoms with Gasteiger partial charge in [0.05, 0.1) is 6.54 Å². The van der Waals surface area contributed by atoms with E-state index in [2.05, 4.69) is 5.32 Å². The number of quaternary nitrogens is 1. The average molecular weight is 415 g/mol. The number of hydrogen-bond acceptors (Lipinski definition) is 1. The van der Waals surface area contributed by atoms with Gasteiger partial charge in [0, 0.05) is 21.3 Å². The van der Waals surface area contributed by atoms with Gasteiger partial charge in [0.15, 0.2) is 0 Å². The van der Waals surface area contributed by atoms with Crippen molar-refractivity contribution in [2.75, 3.05) is 5.32 Å². The fourth-order valence-corrected chi connectivity index (χ4v) is 3.36. The Morgan fingerprint density at radius 3 is 2.33 bits per heavy atom. The van der Waals surface area contributed by atoms with Crippen LogP contribution >= 0.6 is 23.2 Å². The molecule has 1 unspecified atom stereocenters. The molecule has 0 saturated carbocycles. The summed E-state index contributed by atoms with van der Waals surface area (Å²) in [4.78, 5) is 1.10. The summed E-state index contributed by atoms with van der Waals surface area (Å²) in [5.74, 6) is 0. The van der Waals surface area contributed by atoms with Crippen LogP contribution in [-0.4, -0.2) is 6.18 Å². The molecule has 0 radical (unpaired) electrons. The van der Waals surface area contributed by atoms with Gasteiger partial charge in [0.2, 0.25) is 0 Å². The molecule has 0 bridgehead atoms. The first-order valence-corrected chi connectivity index (χ1v) is 9.15. The Hall–Kier alpha value is -1.82. The van der Waals surface area contributed by atoms with Crippen molar-refractivity contribution in [2.45, 2.75) is 32.6 Å². The van der Waals surface area contributed by atoms with E-state index in [4.69, 9.17) is 23.2 Å². The first-order valence-electron chi connectivity index (χ1n) is 8.40. The molecule has 2 atom stereocenters. The third-order valence-electron chi connectivity index (χ3n) is 4.42. The number of hydrogen-bond donors (Lipinski definition) is 2. The normalized spacial score (nSPS) is 17.6. The molecular weight excluding hydrogens is 396 g/mol. The third-order valence-corrected chi connectivity index (χ3v) is 5.21. The molecule has 2 N–H and O–H groups in total. The van der Waals surface area contributed by atoms with E-state index in [1.54, 1.807) is 25.1 Å². The van der Waals surface area contributed by atoms with E-state index in [9.17, 15) is 13.2 Å². The van der Waals surface area contributed by atoms with E-state index >= 15 is 0 Å². The summed E-state index contributed by atoms with van der Waals surface area (Å²) in [5, 5.41) is 3.57. The zero-order chi connectivity index (χ0) is 19.8. The highest BCUT2D eigenvalue weighted by Gasteiger charge is 2.41. The van der Waals surface area contributed by atoms with Crippen LogP contribution in [0.25, 0.3) is 0 Å². The maximum atomic E-state index is 13.7. The predicted molar refractivity (Wildman–Crippen MR) is 103 cm³/mol. The van der Waals surface area contributed by atoms with Crippen molar-refractivity contribution in [1.82, 2.24) is 0 Å². The van der Waals surface area contributed by atoms with Crippen LogP contribution in [-0.2, 0) is 6.54 Å². The molecule has 2 aromatic carbocycles. The van der Waals surface area contributed by atoms with Crippen LogP contribution in [0, 0.1) is 13.5 Å². The molecule has 0 fully saturated rings. The van der Waals surface area contributed by atoms with Gasteiger partial charge >= 0.3 is 6.18 Å². The standard InChI is InChI=1S/C20H19Cl2F3N2/c1-12-9-27(10-12)11-15-8-16(4-6-18(15)22)26-19(20(23,24)25)14-3-5-17(21)13(2)7-14/h3-10,19,26-27H,11H2,1-2H3/t19-/m0/s1. The third kappa shape index (κ3) is 4.72. The summed E-state index contributed by atoms with van der Waals surface area (Å²) in [6.07, 6.45) is -2.43. The summed E-state index contributed by atoms with van der Waals surface area (Å²) in [6.45, 7) is 6.29. The van der Waals surface area contributed by atoms with Crippen molar-refractivity contribution in [3.05, 3.63) is 81.5 Å². The van der Waals surface area contributed by atoms with Crippen LogP contribution < -0.4 is 10.2 Å². The second-order valence-corrected chi connectivity index (χ2v) is 7.53. The summed E-state index contributed by atoms with van der Waals surface area (Å²) < 4.78 is 41.0. The van der Waals surface area contributed by atoms with E-state index < -0.39 is 12.2 Å². The summed E-state index contributed by atoms with van der Waals surface area (Å²) in [6, 6.07) is 7.34. The van der Waals surface area contributed by atoms with Gasteiger partial charge in [-0.25, -0.2) is 0 Å². The molecule has 27 heavy (non-hydrogen) atoms. The average Bonchev–Trinajstić information content (AvgIpc) is 2.55. The van der Waals surface area contributed by atoms with Crippen LogP contribution in [0.2, 0.25) is 10.0 Å². The largest absolute Gasteiger partial charge is 0.421 e. The van der Waals surface area contributed by atoms with Gasteiger partial charge in [0.1, 0.15) is 6.04 Å². The molecule has 1 heterocycles. The lowest BCUT2D eigenvalue weighted by Gasteiger charge is -2.34. The van der Waals surface area contributed by atoms with Crippen molar-refractivity contribution >= 4 is 28.9 Å². The van der Waals surface area contributed by atoms with Crippen LogP contribution in [0.5, 0.6) is 0 Å². The lowest BCUT2D eigenvalue weighted by Crippen LogP contribution is -3.07. The number of benzene rings is 2. The van der Waals surface area contributed by atoms with E-state index in [0.717, 1.165) is 10.5 Å². The van der Waals surface area contributed by atoms with E-state index in [0.29, 0.717) is 27.8 Å². The van der Waals surface area contributed by atoms with Crippen molar-refractivity contribution < 1.29 is 18.1 Å². The molecule has 2 aromatic rings. The topological polar surface area (TPSA) is 16.5 Å². The van der Waals surface area contributed by atoms with Gasteiger partial charge in [-0.05, 0) is 55.1 Å². The zero-order valence-electron chi connectivity index (χ0n) is 14.8. The Kier molecular flexibility index (Phi) is 5.65. The number of aryl methyl sites for hydroxylation is 1. The molecule has 2 nitrogen and oxygen atoms in total. The van der Waals surface area contributed by atoms with E-state index in [-0.39, 0.29) is 5.56 Å². The minimum atomic E-state index is -4.46. The van der Waals surface area contributed by atoms with Crippen LogP contribution in [0.15, 0.2) is 48.2 Å². The molecule has 1 aliphatic rings. The maximum Gasteiger partial charge on any atom is 0.412 e. The SMILES string of the molecule is CC1=C[NH+](Cc2cc(N[C@@H](c3ccc(Cl)c(C)c3)C(F)(F)F)ccc2Cl)[CH-]1. The Balaban J connectivity index is 1.86. The van der Waals surface area contributed by atoms with Gasteiger partial charge in [-0.2, -0.15) is 13.2 Å². The molecule has 7 heteroatoms. The second-order valence-electron chi connectivity index (χ2n) is 6.72. The monoisotopic (exact) mass is 414 g/mol. The predicted octanol–water partition coefficient (Wildman–Crippen LogP) is 5.48. The van der Waals surface area contributed by atoms with Crippen molar-refractivity contribution in [3.8, 4) is 0 Å². The first kappa shape index (κ1) is 19.9. The Morgan fingerprint density at radius 2 is 1.74 bits per heavy atom. The summed E-state index contributed by atoms with van der Waals surface area (Å²) >= 11 is 12.2. The smallest absolute Gasteiger partial charge is 0.412 e. The van der Waals surface area contributed by atoms with E-state index in [1.165, 1.54) is 23.8 Å². The molecule has 144 valence electrons. The van der Waals surface area contributed by atoms with Crippen LogP contribution in [0.4, 0.5) is 18.9 Å². The molecule has 0 aliphatic carbocycles. The Labute approximate surface area is 166 Å². The number of nitrogens with one attached hydrogen (secondary N) is 2. The first-order chi connectivity index (χ1) is 12.6. The number of halogens is 5. The van der Waals surface area contributed by atoms with Crippen molar-refractivity contribution in [1.29, 1.82) is 0 Å². The number of rotatable bonds is 5. The highest BCUT2D eigenvalue weighted by molar-refractivity contribution is 6.31.